The van der Waals surface area contributed by atoms with Crippen LogP contribution in [-0.4, -0.2) is 56.9 Å². The first kappa shape index (κ1) is 20.6. The molecular weight excluding hydrogens is 504 g/mol. The second-order valence-electron chi connectivity index (χ2n) is 7.17. The summed E-state index contributed by atoms with van der Waals surface area (Å²) >= 11 is 0. The molecule has 0 atom stereocenters. The third-order valence-corrected chi connectivity index (χ3v) is 4.79. The van der Waals surface area contributed by atoms with Gasteiger partial charge in [-0.05, 0) is 31.0 Å². The molecule has 1 aliphatic carbocycles. The number of carbonyl (C=O) groups is 2. The first-order valence-electron chi connectivity index (χ1n) is 11.5. The van der Waals surface area contributed by atoms with Crippen molar-refractivity contribution in [2.24, 2.45) is 0 Å². The average molecular weight is 530 g/mol. The molecule has 4 rings (SSSR count). The first-order chi connectivity index (χ1) is 17.2. The van der Waals surface area contributed by atoms with E-state index < -0.39 is 18.8 Å². The zero-order chi connectivity index (χ0) is 25.9. The van der Waals surface area contributed by atoms with Crippen molar-refractivity contribution in [2.45, 2.75) is 25.4 Å². The Bertz CT molecular complexity index is 1350. The molecule has 3 aromatic rings. The smallest absolute Gasteiger partial charge is 0.273 e. The van der Waals surface area contributed by atoms with Crippen molar-refractivity contribution in [3.05, 3.63) is 42.0 Å². The molecule has 0 saturated heterocycles. The number of hydrogen-bond donors (Lipinski definition) is 3. The topological polar surface area (TPSA) is 136 Å². The zero-order valence-electron chi connectivity index (χ0n) is 21.0. The van der Waals surface area contributed by atoms with Gasteiger partial charge in [-0.25, -0.2) is 9.67 Å². The van der Waals surface area contributed by atoms with Gasteiger partial charge in [0.1, 0.15) is 12.9 Å². The average Bonchev–Trinajstić information content (AvgIpc) is 3.52. The number of terminal acetylenes is 1. The van der Waals surface area contributed by atoms with Gasteiger partial charge in [-0.15, -0.1) is 38.7 Å². The molecule has 2 aromatic heterocycles. The summed E-state index contributed by atoms with van der Waals surface area (Å²) in [6.45, 7) is -2.51. The molecule has 0 aliphatic heterocycles. The minimum atomic E-state index is -2.75. The minimum Gasteiger partial charge on any atom is -0.494 e. The van der Waals surface area contributed by atoms with Crippen LogP contribution in [0.4, 0.5) is 11.4 Å². The van der Waals surface area contributed by atoms with Gasteiger partial charge in [0.2, 0.25) is 0 Å². The highest BCUT2D eigenvalue weighted by Gasteiger charge is 2.26. The van der Waals surface area contributed by atoms with E-state index in [1.165, 1.54) is 24.2 Å². The quantitative estimate of drug-likeness (QED) is 0.376. The molecule has 0 bridgehead atoms. The Balaban J connectivity index is 0.00000380. The maximum absolute atomic E-state index is 12.7. The van der Waals surface area contributed by atoms with E-state index in [-0.39, 0.29) is 46.6 Å². The van der Waals surface area contributed by atoms with E-state index in [2.05, 4.69) is 36.8 Å². The molecule has 11 nitrogen and oxygen atoms in total. The molecule has 0 radical (unpaired) electrons. The summed E-state index contributed by atoms with van der Waals surface area (Å²) in [7, 11) is 1.45. The van der Waals surface area contributed by atoms with E-state index in [4.69, 9.17) is 15.3 Å². The monoisotopic (exact) mass is 529 g/mol. The normalized spacial score (nSPS) is 13.8. The van der Waals surface area contributed by atoms with Gasteiger partial charge in [0, 0.05) is 17.1 Å². The van der Waals surface area contributed by atoms with E-state index in [1.54, 1.807) is 18.2 Å². The summed E-state index contributed by atoms with van der Waals surface area (Å²) in [4.78, 5) is 29.5. The van der Waals surface area contributed by atoms with Gasteiger partial charge in [-0.3, -0.25) is 9.59 Å². The Labute approximate surface area is 210 Å². The fourth-order valence-electron chi connectivity index (χ4n) is 3.08. The molecule has 3 N–H and O–H groups in total. The lowest BCUT2D eigenvalue weighted by Crippen LogP contribution is -2.28. The summed E-state index contributed by atoms with van der Waals surface area (Å²) in [6.07, 6.45) is 8.57. The largest absolute Gasteiger partial charge is 0.494 e. The Morgan fingerprint density at radius 2 is 2.12 bits per heavy atom. The van der Waals surface area contributed by atoms with E-state index in [9.17, 15) is 9.59 Å². The van der Waals surface area contributed by atoms with Crippen molar-refractivity contribution >= 4 is 40.2 Å². The molecule has 176 valence electrons. The molecule has 1 aliphatic rings. The van der Waals surface area contributed by atoms with Gasteiger partial charge in [0.15, 0.2) is 23.0 Å². The van der Waals surface area contributed by atoms with E-state index in [1.807, 2.05) is 5.32 Å². The van der Waals surface area contributed by atoms with Crippen LogP contribution in [0.15, 0.2) is 30.6 Å². The SMILES string of the molecule is Br.[2H]C([2H])([2H])NC(=O)c1nnc(C(=O)NC2CC2)cc1Nc1cccc(-c2ncn(CC#C)n2)c1OC. The Kier molecular flexibility index (Phi) is 6.52. The molecule has 0 unspecified atom stereocenters. The van der Waals surface area contributed by atoms with Crippen LogP contribution in [0, 0.1) is 12.3 Å². The number of nitrogens with one attached hydrogen (secondary N) is 3. The minimum absolute atomic E-state index is 0. The van der Waals surface area contributed by atoms with E-state index >= 15 is 0 Å². The summed E-state index contributed by atoms with van der Waals surface area (Å²) in [6, 6.07) is 6.51. The van der Waals surface area contributed by atoms with Gasteiger partial charge in [0.25, 0.3) is 11.8 Å². The number of rotatable bonds is 8. The van der Waals surface area contributed by atoms with Crippen molar-refractivity contribution in [1.82, 2.24) is 35.6 Å². The standard InChI is InChI=1S/C22H22N8O3.BrH/c1-4-10-30-12-24-20(29-30)14-6-5-7-15(19(14)33-3)26-16-11-17(21(31)25-13-8-9-13)27-28-18(16)22(32)23-2;/h1,5-7,11-13H,8-10H2,2-3H3,(H,23,32)(H,25,31)(H,26,27);1H/i2D3;. The first-order valence-corrected chi connectivity index (χ1v) is 9.97. The maximum Gasteiger partial charge on any atom is 0.273 e. The number of halogens is 1. The van der Waals surface area contributed by atoms with Crippen molar-refractivity contribution < 1.29 is 18.4 Å². The van der Waals surface area contributed by atoms with Crippen LogP contribution in [0.1, 0.15) is 37.9 Å². The Morgan fingerprint density at radius 3 is 2.82 bits per heavy atom. The molecule has 0 spiro atoms. The molecule has 12 heteroatoms. The molecule has 1 saturated carbocycles. The highest BCUT2D eigenvalue weighted by atomic mass is 79.9. The Morgan fingerprint density at radius 1 is 1.29 bits per heavy atom. The highest BCUT2D eigenvalue weighted by molar-refractivity contribution is 8.93. The molecule has 34 heavy (non-hydrogen) atoms. The molecular formula is C22H23BrN8O3. The number of methoxy groups -OCH3 is 1. The van der Waals surface area contributed by atoms with Crippen LogP contribution >= 0.6 is 17.0 Å². The van der Waals surface area contributed by atoms with Crippen molar-refractivity contribution in [1.29, 1.82) is 0 Å². The highest BCUT2D eigenvalue weighted by Crippen LogP contribution is 2.37. The van der Waals surface area contributed by atoms with Crippen LogP contribution in [0.3, 0.4) is 0 Å². The van der Waals surface area contributed by atoms with Gasteiger partial charge in [-0.2, -0.15) is 0 Å². The second kappa shape index (κ2) is 10.8. The second-order valence-corrected chi connectivity index (χ2v) is 7.17. The van der Waals surface area contributed by atoms with Crippen LogP contribution in [-0.2, 0) is 6.54 Å². The summed E-state index contributed by atoms with van der Waals surface area (Å²) in [5.41, 5.74) is 0.597. The number of benzene rings is 1. The van der Waals surface area contributed by atoms with Crippen molar-refractivity contribution in [3.63, 3.8) is 0 Å². The summed E-state index contributed by atoms with van der Waals surface area (Å²) in [5.74, 6) is 1.71. The molecule has 2 amide bonds. The number of para-hydroxylation sites is 1. The van der Waals surface area contributed by atoms with E-state index in [0.717, 1.165) is 12.8 Å². The van der Waals surface area contributed by atoms with Crippen LogP contribution in [0.2, 0.25) is 0 Å². The number of aromatic nitrogens is 5. The lowest BCUT2D eigenvalue weighted by Gasteiger charge is -2.16. The maximum atomic E-state index is 12.7. The fourth-order valence-corrected chi connectivity index (χ4v) is 3.08. The van der Waals surface area contributed by atoms with Crippen LogP contribution < -0.4 is 20.7 Å². The number of hydrogen-bond acceptors (Lipinski definition) is 8. The van der Waals surface area contributed by atoms with Crippen molar-refractivity contribution in [3.8, 4) is 29.5 Å². The van der Waals surface area contributed by atoms with Crippen molar-refractivity contribution in [2.75, 3.05) is 19.4 Å². The van der Waals surface area contributed by atoms with E-state index in [0.29, 0.717) is 22.8 Å². The third kappa shape index (κ3) is 5.32. The number of carbonyl (C=O) groups excluding carboxylic acids is 2. The number of nitrogens with zero attached hydrogens (tertiary/aromatic N) is 5. The number of amides is 2. The van der Waals surface area contributed by atoms with Gasteiger partial charge in [-0.1, -0.05) is 12.0 Å². The number of anilines is 2. The Hall–Kier alpha value is -3.98. The van der Waals surface area contributed by atoms with Crippen LogP contribution in [0.25, 0.3) is 11.4 Å². The van der Waals surface area contributed by atoms with Gasteiger partial charge in [0.05, 0.1) is 24.0 Å². The summed E-state index contributed by atoms with van der Waals surface area (Å²) < 4.78 is 29.1. The lowest BCUT2D eigenvalue weighted by molar-refractivity contribution is 0.0935. The predicted octanol–water partition coefficient (Wildman–Crippen LogP) is 1.95. The zero-order valence-corrected chi connectivity index (χ0v) is 19.7. The molecule has 1 fully saturated rings. The molecule has 2 heterocycles. The fraction of sp³-hybridized carbons (Fsp3) is 0.273. The summed E-state index contributed by atoms with van der Waals surface area (Å²) in [5, 5.41) is 19.7. The third-order valence-electron chi connectivity index (χ3n) is 4.79. The van der Waals surface area contributed by atoms with Crippen LogP contribution in [0.5, 0.6) is 5.75 Å². The molecule has 1 aromatic carbocycles. The van der Waals surface area contributed by atoms with Gasteiger partial charge < -0.3 is 20.7 Å². The lowest BCUT2D eigenvalue weighted by atomic mass is 10.1. The predicted molar refractivity (Wildman–Crippen MR) is 130 cm³/mol. The number of ether oxygens (including phenoxy) is 1. The van der Waals surface area contributed by atoms with Gasteiger partial charge >= 0.3 is 0 Å².